The van der Waals surface area contributed by atoms with E-state index in [4.69, 9.17) is 4.74 Å². The fourth-order valence-corrected chi connectivity index (χ4v) is 3.95. The summed E-state index contributed by atoms with van der Waals surface area (Å²) in [7, 11) is 0. The van der Waals surface area contributed by atoms with Crippen LogP contribution in [0.5, 0.6) is 5.75 Å². The zero-order valence-corrected chi connectivity index (χ0v) is 18.4. The normalized spacial score (nSPS) is 10.8. The molecular formula is C25H23N3O3S. The van der Waals surface area contributed by atoms with Crippen LogP contribution in [-0.4, -0.2) is 22.5 Å². The molecule has 0 saturated carbocycles. The van der Waals surface area contributed by atoms with Gasteiger partial charge in [0.25, 0.3) is 11.5 Å². The zero-order valence-electron chi connectivity index (χ0n) is 17.6. The smallest absolute Gasteiger partial charge is 0.271 e. The van der Waals surface area contributed by atoms with Crippen LogP contribution >= 0.6 is 11.8 Å². The third-order valence-electron chi connectivity index (χ3n) is 4.88. The molecule has 0 spiro atoms. The first kappa shape index (κ1) is 21.6. The van der Waals surface area contributed by atoms with Crippen LogP contribution in [0.1, 0.15) is 18.2 Å². The molecule has 3 aromatic carbocycles. The van der Waals surface area contributed by atoms with Crippen molar-refractivity contribution < 1.29 is 9.53 Å². The Balaban J connectivity index is 1.29. The number of amides is 1. The lowest BCUT2D eigenvalue weighted by Gasteiger charge is -2.09. The monoisotopic (exact) mass is 445 g/mol. The quantitative estimate of drug-likeness (QED) is 0.381. The van der Waals surface area contributed by atoms with Gasteiger partial charge < -0.3 is 15.0 Å². The van der Waals surface area contributed by atoms with E-state index in [-0.39, 0.29) is 18.1 Å². The fourth-order valence-electron chi connectivity index (χ4n) is 3.12. The average molecular weight is 446 g/mol. The van der Waals surface area contributed by atoms with Gasteiger partial charge in [-0.15, -0.1) is 11.8 Å². The van der Waals surface area contributed by atoms with Gasteiger partial charge in [0.2, 0.25) is 0 Å². The maximum atomic E-state index is 12.2. The van der Waals surface area contributed by atoms with Crippen molar-refractivity contribution in [3.05, 3.63) is 94.4 Å². The number of anilines is 1. The van der Waals surface area contributed by atoms with Crippen molar-refractivity contribution in [2.75, 3.05) is 11.9 Å². The molecule has 4 rings (SSSR count). The molecule has 1 aromatic heterocycles. The molecule has 0 bridgehead atoms. The number of H-pyrrole nitrogens is 1. The van der Waals surface area contributed by atoms with Gasteiger partial charge in [0.05, 0.1) is 11.0 Å². The van der Waals surface area contributed by atoms with Crippen LogP contribution in [0.25, 0.3) is 11.0 Å². The van der Waals surface area contributed by atoms with E-state index >= 15 is 0 Å². The van der Waals surface area contributed by atoms with Gasteiger partial charge in [0.1, 0.15) is 11.4 Å². The minimum atomic E-state index is -0.225. The molecule has 162 valence electrons. The van der Waals surface area contributed by atoms with Gasteiger partial charge in [-0.1, -0.05) is 31.2 Å². The minimum Gasteiger partial charge on any atom is -0.484 e. The molecule has 4 aromatic rings. The van der Waals surface area contributed by atoms with Crippen LogP contribution in [0.2, 0.25) is 0 Å². The topological polar surface area (TPSA) is 84.1 Å². The molecule has 0 aliphatic rings. The SMILES string of the molecule is CCc1ccc(OCC(=O)Nc2ccc(SCc3nc4ccccc4[nH]c3=O)cc2)cc1. The number of hydrogen-bond acceptors (Lipinski definition) is 5. The van der Waals surface area contributed by atoms with E-state index in [2.05, 4.69) is 22.2 Å². The molecule has 0 saturated heterocycles. The number of benzene rings is 3. The molecule has 0 unspecified atom stereocenters. The van der Waals surface area contributed by atoms with Gasteiger partial charge in [0.15, 0.2) is 6.61 Å². The average Bonchev–Trinajstić information content (AvgIpc) is 2.82. The summed E-state index contributed by atoms with van der Waals surface area (Å²) in [6.07, 6.45) is 0.963. The van der Waals surface area contributed by atoms with E-state index in [1.807, 2.05) is 72.8 Å². The standard InChI is InChI=1S/C25H23N3O3S/c1-2-17-7-11-19(12-8-17)31-15-24(29)26-18-9-13-20(14-10-18)32-16-23-25(30)28-22-6-4-3-5-21(22)27-23/h3-14H,2,15-16H2,1H3,(H,26,29)(H,28,30). The number of aromatic amines is 1. The predicted octanol–water partition coefficient (Wildman–Crippen LogP) is 4.80. The van der Waals surface area contributed by atoms with Crippen molar-refractivity contribution in [2.24, 2.45) is 0 Å². The summed E-state index contributed by atoms with van der Waals surface area (Å²) >= 11 is 1.51. The van der Waals surface area contributed by atoms with Gasteiger partial charge >= 0.3 is 0 Å². The number of aryl methyl sites for hydroxylation is 1. The van der Waals surface area contributed by atoms with Crippen LogP contribution in [-0.2, 0) is 17.0 Å². The van der Waals surface area contributed by atoms with Crippen LogP contribution in [0.4, 0.5) is 5.69 Å². The molecule has 1 heterocycles. The number of hydrogen-bond donors (Lipinski definition) is 2. The van der Waals surface area contributed by atoms with E-state index in [1.54, 1.807) is 0 Å². The molecule has 2 N–H and O–H groups in total. The first-order chi connectivity index (χ1) is 15.6. The maximum absolute atomic E-state index is 12.2. The largest absolute Gasteiger partial charge is 0.484 e. The number of carbonyl (C=O) groups excluding carboxylic acids is 1. The van der Waals surface area contributed by atoms with E-state index in [0.717, 1.165) is 22.3 Å². The number of para-hydroxylation sites is 2. The van der Waals surface area contributed by atoms with Crippen LogP contribution in [0.15, 0.2) is 82.5 Å². The number of nitrogens with zero attached hydrogens (tertiary/aromatic N) is 1. The Morgan fingerprint density at radius 2 is 1.78 bits per heavy atom. The van der Waals surface area contributed by atoms with E-state index in [0.29, 0.717) is 22.9 Å². The molecule has 6 nitrogen and oxygen atoms in total. The summed E-state index contributed by atoms with van der Waals surface area (Å²) in [6.45, 7) is 2.03. The van der Waals surface area contributed by atoms with Crippen LogP contribution in [0, 0.1) is 0 Å². The first-order valence-corrected chi connectivity index (χ1v) is 11.3. The summed E-state index contributed by atoms with van der Waals surface area (Å²) < 4.78 is 5.54. The molecule has 0 fully saturated rings. The lowest BCUT2D eigenvalue weighted by Crippen LogP contribution is -2.20. The van der Waals surface area contributed by atoms with Gasteiger partial charge in [0, 0.05) is 16.3 Å². The second-order valence-electron chi connectivity index (χ2n) is 7.18. The van der Waals surface area contributed by atoms with E-state index in [1.165, 1.54) is 17.3 Å². The Kier molecular flexibility index (Phi) is 6.87. The Labute approximate surface area is 190 Å². The predicted molar refractivity (Wildman–Crippen MR) is 128 cm³/mol. The van der Waals surface area contributed by atoms with Crippen molar-refractivity contribution in [1.82, 2.24) is 9.97 Å². The second-order valence-corrected chi connectivity index (χ2v) is 8.23. The Bertz CT molecular complexity index is 1270. The summed E-state index contributed by atoms with van der Waals surface area (Å²) in [5.41, 5.74) is 3.71. The molecule has 7 heteroatoms. The van der Waals surface area contributed by atoms with Gasteiger partial charge in [-0.05, 0) is 60.5 Å². The lowest BCUT2D eigenvalue weighted by molar-refractivity contribution is -0.118. The van der Waals surface area contributed by atoms with Crippen molar-refractivity contribution in [3.8, 4) is 5.75 Å². The highest BCUT2D eigenvalue weighted by atomic mass is 32.2. The summed E-state index contributed by atoms with van der Waals surface area (Å²) in [5.74, 6) is 0.898. The number of aromatic nitrogens is 2. The number of carbonyl (C=O) groups is 1. The molecule has 0 aliphatic heterocycles. The van der Waals surface area contributed by atoms with Crippen molar-refractivity contribution >= 4 is 34.4 Å². The maximum Gasteiger partial charge on any atom is 0.271 e. The molecule has 32 heavy (non-hydrogen) atoms. The Morgan fingerprint density at radius 1 is 1.03 bits per heavy atom. The minimum absolute atomic E-state index is 0.0572. The molecule has 1 amide bonds. The van der Waals surface area contributed by atoms with Crippen LogP contribution in [0.3, 0.4) is 0 Å². The first-order valence-electron chi connectivity index (χ1n) is 10.3. The fraction of sp³-hybridized carbons (Fsp3) is 0.160. The Hall–Kier alpha value is -3.58. The molecular weight excluding hydrogens is 422 g/mol. The lowest BCUT2D eigenvalue weighted by atomic mass is 10.2. The molecule has 0 atom stereocenters. The van der Waals surface area contributed by atoms with Gasteiger partial charge in [-0.2, -0.15) is 0 Å². The third-order valence-corrected chi connectivity index (χ3v) is 5.91. The highest BCUT2D eigenvalue weighted by Gasteiger charge is 2.07. The number of fused-ring (bicyclic) bond motifs is 1. The number of rotatable bonds is 8. The number of ether oxygens (including phenoxy) is 1. The van der Waals surface area contributed by atoms with Crippen molar-refractivity contribution in [3.63, 3.8) is 0 Å². The summed E-state index contributed by atoms with van der Waals surface area (Å²) in [5, 5.41) is 2.82. The highest BCUT2D eigenvalue weighted by molar-refractivity contribution is 7.98. The third kappa shape index (κ3) is 5.56. The highest BCUT2D eigenvalue weighted by Crippen LogP contribution is 2.23. The number of thioether (sulfide) groups is 1. The molecule has 0 aliphatic carbocycles. The van der Waals surface area contributed by atoms with Crippen molar-refractivity contribution in [2.45, 2.75) is 24.0 Å². The van der Waals surface area contributed by atoms with E-state index in [9.17, 15) is 9.59 Å². The van der Waals surface area contributed by atoms with Crippen molar-refractivity contribution in [1.29, 1.82) is 0 Å². The van der Waals surface area contributed by atoms with Gasteiger partial charge in [-0.25, -0.2) is 4.98 Å². The second kappa shape index (κ2) is 10.2. The van der Waals surface area contributed by atoms with Crippen LogP contribution < -0.4 is 15.6 Å². The summed E-state index contributed by atoms with van der Waals surface area (Å²) in [6, 6.07) is 22.6. The Morgan fingerprint density at radius 3 is 2.53 bits per heavy atom. The van der Waals surface area contributed by atoms with Gasteiger partial charge in [-0.3, -0.25) is 9.59 Å². The summed E-state index contributed by atoms with van der Waals surface area (Å²) in [4.78, 5) is 32.7. The number of nitrogens with one attached hydrogen (secondary N) is 2. The zero-order chi connectivity index (χ0) is 22.3. The van der Waals surface area contributed by atoms with E-state index < -0.39 is 0 Å². The molecule has 0 radical (unpaired) electrons.